The summed E-state index contributed by atoms with van der Waals surface area (Å²) in [6, 6.07) is -0.127. The Balaban J connectivity index is 2.42. The SMILES string of the molecule is CCNC(=O)CN(C)C(=O)C1CC(C)CCN1. The molecule has 0 bridgehead atoms. The Morgan fingerprint density at radius 2 is 2.18 bits per heavy atom. The fraction of sp³-hybridized carbons (Fsp3) is 0.833. The normalized spacial score (nSPS) is 24.2. The summed E-state index contributed by atoms with van der Waals surface area (Å²) in [5, 5.41) is 5.90. The van der Waals surface area contributed by atoms with Crippen LogP contribution in [0.2, 0.25) is 0 Å². The zero-order chi connectivity index (χ0) is 12.8. The van der Waals surface area contributed by atoms with Gasteiger partial charge in [0.2, 0.25) is 11.8 Å². The number of carbonyl (C=O) groups excluding carboxylic acids is 2. The Labute approximate surface area is 103 Å². The van der Waals surface area contributed by atoms with E-state index in [0.29, 0.717) is 12.5 Å². The topological polar surface area (TPSA) is 61.4 Å². The van der Waals surface area contributed by atoms with Crippen molar-refractivity contribution < 1.29 is 9.59 Å². The van der Waals surface area contributed by atoms with E-state index in [1.165, 1.54) is 4.90 Å². The molecule has 1 heterocycles. The summed E-state index contributed by atoms with van der Waals surface area (Å²) >= 11 is 0. The van der Waals surface area contributed by atoms with E-state index in [4.69, 9.17) is 0 Å². The van der Waals surface area contributed by atoms with Crippen molar-refractivity contribution >= 4 is 11.8 Å². The molecule has 0 aromatic heterocycles. The van der Waals surface area contributed by atoms with Crippen LogP contribution in [0.4, 0.5) is 0 Å². The molecule has 0 aromatic carbocycles. The average molecular weight is 241 g/mol. The molecule has 5 heteroatoms. The van der Waals surface area contributed by atoms with Gasteiger partial charge in [-0.15, -0.1) is 0 Å². The standard InChI is InChI=1S/C12H23N3O2/c1-4-13-11(16)8-15(3)12(17)10-7-9(2)5-6-14-10/h9-10,14H,4-8H2,1-3H3,(H,13,16). The highest BCUT2D eigenvalue weighted by Crippen LogP contribution is 2.16. The first-order valence-corrected chi connectivity index (χ1v) is 6.29. The number of hydrogen-bond acceptors (Lipinski definition) is 3. The van der Waals surface area contributed by atoms with Crippen LogP contribution in [0.15, 0.2) is 0 Å². The lowest BCUT2D eigenvalue weighted by atomic mass is 9.93. The predicted molar refractivity (Wildman–Crippen MR) is 66.5 cm³/mol. The number of rotatable bonds is 4. The molecule has 2 unspecified atom stereocenters. The van der Waals surface area contributed by atoms with Gasteiger partial charge in [-0.05, 0) is 32.2 Å². The molecule has 0 aliphatic carbocycles. The van der Waals surface area contributed by atoms with E-state index in [2.05, 4.69) is 17.6 Å². The second-order valence-electron chi connectivity index (χ2n) is 4.78. The summed E-state index contributed by atoms with van der Waals surface area (Å²) in [6.45, 7) is 5.64. The quantitative estimate of drug-likeness (QED) is 0.726. The molecule has 0 radical (unpaired) electrons. The minimum atomic E-state index is -0.127. The summed E-state index contributed by atoms with van der Waals surface area (Å²) in [5.41, 5.74) is 0. The van der Waals surface area contributed by atoms with Gasteiger partial charge in [0.1, 0.15) is 0 Å². The lowest BCUT2D eigenvalue weighted by molar-refractivity contribution is -0.137. The maximum Gasteiger partial charge on any atom is 0.239 e. The molecule has 17 heavy (non-hydrogen) atoms. The van der Waals surface area contributed by atoms with Gasteiger partial charge in [0.15, 0.2) is 0 Å². The highest BCUT2D eigenvalue weighted by molar-refractivity contribution is 5.87. The van der Waals surface area contributed by atoms with Crippen LogP contribution in [0.25, 0.3) is 0 Å². The van der Waals surface area contributed by atoms with Crippen molar-refractivity contribution in [2.45, 2.75) is 32.7 Å². The van der Waals surface area contributed by atoms with Gasteiger partial charge in [-0.3, -0.25) is 9.59 Å². The van der Waals surface area contributed by atoms with Crippen LogP contribution in [0.1, 0.15) is 26.7 Å². The van der Waals surface area contributed by atoms with E-state index in [0.717, 1.165) is 19.4 Å². The van der Waals surface area contributed by atoms with Gasteiger partial charge in [-0.1, -0.05) is 6.92 Å². The number of nitrogens with one attached hydrogen (secondary N) is 2. The third kappa shape index (κ3) is 4.34. The summed E-state index contributed by atoms with van der Waals surface area (Å²) in [6.07, 6.45) is 1.97. The smallest absolute Gasteiger partial charge is 0.239 e. The molecule has 2 amide bonds. The van der Waals surface area contributed by atoms with E-state index in [1.54, 1.807) is 7.05 Å². The van der Waals surface area contributed by atoms with E-state index in [-0.39, 0.29) is 24.4 Å². The second kappa shape index (κ2) is 6.59. The van der Waals surface area contributed by atoms with Gasteiger partial charge >= 0.3 is 0 Å². The molecule has 0 spiro atoms. The van der Waals surface area contributed by atoms with Crippen LogP contribution in [0.5, 0.6) is 0 Å². The first-order valence-electron chi connectivity index (χ1n) is 6.29. The Bertz CT molecular complexity index is 281. The highest BCUT2D eigenvalue weighted by Gasteiger charge is 2.27. The molecule has 1 aliphatic heterocycles. The molecule has 1 saturated heterocycles. The third-order valence-corrected chi connectivity index (χ3v) is 3.09. The highest BCUT2D eigenvalue weighted by atomic mass is 16.2. The largest absolute Gasteiger partial charge is 0.355 e. The molecule has 1 aliphatic rings. The molecule has 2 N–H and O–H groups in total. The molecule has 2 atom stereocenters. The molecule has 5 nitrogen and oxygen atoms in total. The molecule has 1 rings (SSSR count). The molecule has 0 aromatic rings. The van der Waals surface area contributed by atoms with Crippen molar-refractivity contribution in [3.63, 3.8) is 0 Å². The van der Waals surface area contributed by atoms with Crippen LogP contribution in [0.3, 0.4) is 0 Å². The lowest BCUT2D eigenvalue weighted by Gasteiger charge is -2.30. The van der Waals surface area contributed by atoms with Crippen molar-refractivity contribution in [3.8, 4) is 0 Å². The van der Waals surface area contributed by atoms with Gasteiger partial charge < -0.3 is 15.5 Å². The second-order valence-corrected chi connectivity index (χ2v) is 4.78. The van der Waals surface area contributed by atoms with Gasteiger partial charge in [-0.25, -0.2) is 0 Å². The van der Waals surface area contributed by atoms with Crippen molar-refractivity contribution in [2.24, 2.45) is 5.92 Å². The van der Waals surface area contributed by atoms with Crippen molar-refractivity contribution in [1.29, 1.82) is 0 Å². The molecule has 1 fully saturated rings. The van der Waals surface area contributed by atoms with Gasteiger partial charge in [0.25, 0.3) is 0 Å². The number of amides is 2. The zero-order valence-electron chi connectivity index (χ0n) is 11.0. The number of hydrogen-bond donors (Lipinski definition) is 2. The van der Waals surface area contributed by atoms with E-state index < -0.39 is 0 Å². The van der Waals surface area contributed by atoms with Crippen LogP contribution in [0, 0.1) is 5.92 Å². The first-order chi connectivity index (χ1) is 8.04. The van der Waals surface area contributed by atoms with Gasteiger partial charge in [0.05, 0.1) is 12.6 Å². The predicted octanol–water partition coefficient (Wildman–Crippen LogP) is -0.0310. The summed E-state index contributed by atoms with van der Waals surface area (Å²) < 4.78 is 0. The van der Waals surface area contributed by atoms with Crippen LogP contribution in [-0.2, 0) is 9.59 Å². The molecule has 0 saturated carbocycles. The monoisotopic (exact) mass is 241 g/mol. The lowest BCUT2D eigenvalue weighted by Crippen LogP contribution is -2.50. The van der Waals surface area contributed by atoms with Crippen molar-refractivity contribution in [2.75, 3.05) is 26.7 Å². The van der Waals surface area contributed by atoms with E-state index >= 15 is 0 Å². The maximum absolute atomic E-state index is 12.1. The van der Waals surface area contributed by atoms with E-state index in [9.17, 15) is 9.59 Å². The fourth-order valence-electron chi connectivity index (χ4n) is 2.11. The average Bonchev–Trinajstić information content (AvgIpc) is 2.28. The Kier molecular flexibility index (Phi) is 5.41. The number of likely N-dealkylation sites (N-methyl/N-ethyl adjacent to an activating group) is 2. The summed E-state index contributed by atoms with van der Waals surface area (Å²) in [5.74, 6) is 0.484. The van der Waals surface area contributed by atoms with Crippen LogP contribution >= 0.6 is 0 Å². The minimum absolute atomic E-state index is 0.0165. The summed E-state index contributed by atoms with van der Waals surface area (Å²) in [7, 11) is 1.68. The minimum Gasteiger partial charge on any atom is -0.355 e. The van der Waals surface area contributed by atoms with Crippen LogP contribution in [-0.4, -0.2) is 49.4 Å². The zero-order valence-corrected chi connectivity index (χ0v) is 11.0. The molecular formula is C12H23N3O2. The third-order valence-electron chi connectivity index (χ3n) is 3.09. The Morgan fingerprint density at radius 1 is 1.47 bits per heavy atom. The number of piperidine rings is 1. The summed E-state index contributed by atoms with van der Waals surface area (Å²) in [4.78, 5) is 24.9. The fourth-order valence-corrected chi connectivity index (χ4v) is 2.11. The van der Waals surface area contributed by atoms with E-state index in [1.807, 2.05) is 6.92 Å². The van der Waals surface area contributed by atoms with Crippen LogP contribution < -0.4 is 10.6 Å². The number of nitrogens with zero attached hydrogens (tertiary/aromatic N) is 1. The van der Waals surface area contributed by atoms with Gasteiger partial charge in [-0.2, -0.15) is 0 Å². The van der Waals surface area contributed by atoms with Gasteiger partial charge in [0, 0.05) is 13.6 Å². The Morgan fingerprint density at radius 3 is 2.76 bits per heavy atom. The number of carbonyl (C=O) groups is 2. The Hall–Kier alpha value is -1.10. The van der Waals surface area contributed by atoms with Crippen molar-refractivity contribution in [1.82, 2.24) is 15.5 Å². The molecule has 98 valence electrons. The molecular weight excluding hydrogens is 218 g/mol. The first kappa shape index (κ1) is 14.0. The van der Waals surface area contributed by atoms with Crippen molar-refractivity contribution in [3.05, 3.63) is 0 Å². The maximum atomic E-state index is 12.1.